The van der Waals surface area contributed by atoms with Crippen LogP contribution in [0, 0.1) is 5.92 Å². The van der Waals surface area contributed by atoms with Crippen molar-refractivity contribution in [1.82, 2.24) is 0 Å². The predicted molar refractivity (Wildman–Crippen MR) is 55.3 cm³/mol. The van der Waals surface area contributed by atoms with Gasteiger partial charge >= 0.3 is 0 Å². The molecular weight excluding hydrogens is 162 g/mol. The molecule has 0 fully saturated rings. The zero-order valence-corrected chi connectivity index (χ0v) is 8.75. The van der Waals surface area contributed by atoms with Crippen LogP contribution >= 0.6 is 0 Å². The van der Waals surface area contributed by atoms with E-state index in [4.69, 9.17) is 10.5 Å². The first-order valence-corrected chi connectivity index (χ1v) is 5.32. The largest absolute Gasteiger partial charge is 0.497 e. The molecular formula is C11H21NO. The number of ether oxygens (including phenoxy) is 1. The van der Waals surface area contributed by atoms with Gasteiger partial charge in [-0.25, -0.2) is 0 Å². The number of hydrogen-bond acceptors (Lipinski definition) is 2. The second-order valence-electron chi connectivity index (χ2n) is 3.95. The summed E-state index contributed by atoms with van der Waals surface area (Å²) in [5.74, 6) is 1.72. The third-order valence-corrected chi connectivity index (χ3v) is 2.68. The highest BCUT2D eigenvalue weighted by molar-refractivity contribution is 5.04. The standard InChI is InChI=1S/C11H21NO/c1-3-9(2)8-10(12)11-6-4-5-7-13-11/h6,9-10H,3-5,7-8,12H2,1-2H3. The highest BCUT2D eigenvalue weighted by Crippen LogP contribution is 2.18. The number of rotatable bonds is 4. The molecule has 0 aromatic heterocycles. The fraction of sp³-hybridized carbons (Fsp3) is 0.818. The molecule has 2 heteroatoms. The molecule has 1 heterocycles. The Kier molecular flexibility index (Phi) is 4.29. The first kappa shape index (κ1) is 10.6. The van der Waals surface area contributed by atoms with Crippen LogP contribution in [-0.2, 0) is 4.74 Å². The third-order valence-electron chi connectivity index (χ3n) is 2.68. The van der Waals surface area contributed by atoms with Gasteiger partial charge in [-0.1, -0.05) is 20.3 Å². The molecule has 0 aromatic carbocycles. The molecule has 76 valence electrons. The summed E-state index contributed by atoms with van der Waals surface area (Å²) in [6.07, 6.45) is 6.66. The lowest BCUT2D eigenvalue weighted by Gasteiger charge is -2.22. The van der Waals surface area contributed by atoms with Crippen molar-refractivity contribution in [3.05, 3.63) is 11.8 Å². The van der Waals surface area contributed by atoms with Gasteiger partial charge in [0.25, 0.3) is 0 Å². The summed E-state index contributed by atoms with van der Waals surface area (Å²) in [5, 5.41) is 0. The van der Waals surface area contributed by atoms with Gasteiger partial charge in [0.05, 0.1) is 12.6 Å². The average molecular weight is 183 g/mol. The van der Waals surface area contributed by atoms with Gasteiger partial charge in [0.15, 0.2) is 0 Å². The van der Waals surface area contributed by atoms with E-state index in [1.807, 2.05) is 0 Å². The van der Waals surface area contributed by atoms with Gasteiger partial charge in [-0.05, 0) is 31.3 Å². The molecule has 0 aromatic rings. The Balaban J connectivity index is 2.37. The van der Waals surface area contributed by atoms with Crippen molar-refractivity contribution in [3.8, 4) is 0 Å². The lowest BCUT2D eigenvalue weighted by atomic mass is 9.98. The summed E-state index contributed by atoms with van der Waals surface area (Å²) in [7, 11) is 0. The molecule has 0 radical (unpaired) electrons. The van der Waals surface area contributed by atoms with Crippen LogP contribution in [-0.4, -0.2) is 12.6 Å². The Morgan fingerprint density at radius 2 is 2.38 bits per heavy atom. The van der Waals surface area contributed by atoms with E-state index in [0.717, 1.165) is 31.6 Å². The molecule has 0 aliphatic carbocycles. The van der Waals surface area contributed by atoms with Crippen LogP contribution < -0.4 is 5.73 Å². The number of nitrogens with two attached hydrogens (primary N) is 1. The van der Waals surface area contributed by atoms with Crippen LogP contribution in [0.15, 0.2) is 11.8 Å². The molecule has 13 heavy (non-hydrogen) atoms. The summed E-state index contributed by atoms with van der Waals surface area (Å²) >= 11 is 0. The van der Waals surface area contributed by atoms with Crippen LogP contribution in [0.25, 0.3) is 0 Å². The lowest BCUT2D eigenvalue weighted by Crippen LogP contribution is -2.27. The van der Waals surface area contributed by atoms with E-state index in [2.05, 4.69) is 19.9 Å². The molecule has 0 spiro atoms. The minimum atomic E-state index is 0.121. The van der Waals surface area contributed by atoms with Crippen LogP contribution in [0.2, 0.25) is 0 Å². The summed E-state index contributed by atoms with van der Waals surface area (Å²) < 4.78 is 5.52. The molecule has 0 amide bonds. The summed E-state index contributed by atoms with van der Waals surface area (Å²) in [5.41, 5.74) is 6.03. The first-order chi connectivity index (χ1) is 6.24. The Labute approximate surface area is 81.1 Å². The predicted octanol–water partition coefficient (Wildman–Crippen LogP) is 2.44. The van der Waals surface area contributed by atoms with Crippen molar-refractivity contribution in [2.24, 2.45) is 11.7 Å². The molecule has 2 N–H and O–H groups in total. The first-order valence-electron chi connectivity index (χ1n) is 5.32. The second-order valence-corrected chi connectivity index (χ2v) is 3.95. The number of allylic oxidation sites excluding steroid dienone is 1. The highest BCUT2D eigenvalue weighted by atomic mass is 16.5. The van der Waals surface area contributed by atoms with E-state index in [-0.39, 0.29) is 6.04 Å². The summed E-state index contributed by atoms with van der Waals surface area (Å²) in [6.45, 7) is 5.29. The maximum Gasteiger partial charge on any atom is 0.109 e. The summed E-state index contributed by atoms with van der Waals surface area (Å²) in [4.78, 5) is 0. The molecule has 2 unspecified atom stereocenters. The van der Waals surface area contributed by atoms with E-state index >= 15 is 0 Å². The molecule has 0 bridgehead atoms. The Morgan fingerprint density at radius 3 is 2.92 bits per heavy atom. The van der Waals surface area contributed by atoms with Crippen molar-refractivity contribution in [3.63, 3.8) is 0 Å². The van der Waals surface area contributed by atoms with Crippen molar-refractivity contribution in [2.45, 2.75) is 45.6 Å². The van der Waals surface area contributed by atoms with Gasteiger partial charge in [-0.15, -0.1) is 0 Å². The Hall–Kier alpha value is -0.500. The van der Waals surface area contributed by atoms with E-state index in [1.165, 1.54) is 6.42 Å². The normalized spacial score (nSPS) is 21.6. The zero-order chi connectivity index (χ0) is 9.68. The van der Waals surface area contributed by atoms with Gasteiger partial charge in [0.2, 0.25) is 0 Å². The monoisotopic (exact) mass is 183 g/mol. The van der Waals surface area contributed by atoms with Gasteiger partial charge in [-0.2, -0.15) is 0 Å². The molecule has 0 saturated heterocycles. The fourth-order valence-electron chi connectivity index (χ4n) is 1.55. The van der Waals surface area contributed by atoms with E-state index in [0.29, 0.717) is 5.92 Å². The van der Waals surface area contributed by atoms with Gasteiger partial charge in [0.1, 0.15) is 5.76 Å². The van der Waals surface area contributed by atoms with E-state index in [9.17, 15) is 0 Å². The van der Waals surface area contributed by atoms with Crippen LogP contribution in [0.1, 0.15) is 39.5 Å². The second kappa shape index (κ2) is 5.28. The maximum absolute atomic E-state index is 6.03. The minimum absolute atomic E-state index is 0.121. The molecule has 1 rings (SSSR count). The van der Waals surface area contributed by atoms with Crippen LogP contribution in [0.5, 0.6) is 0 Å². The topological polar surface area (TPSA) is 35.2 Å². The van der Waals surface area contributed by atoms with Gasteiger partial charge in [-0.3, -0.25) is 0 Å². The van der Waals surface area contributed by atoms with Gasteiger partial charge < -0.3 is 10.5 Å². The highest BCUT2D eigenvalue weighted by Gasteiger charge is 2.15. The fourth-order valence-corrected chi connectivity index (χ4v) is 1.55. The van der Waals surface area contributed by atoms with Crippen LogP contribution in [0.3, 0.4) is 0 Å². The maximum atomic E-state index is 6.03. The zero-order valence-electron chi connectivity index (χ0n) is 8.75. The molecule has 2 atom stereocenters. The Bertz CT molecular complexity index is 177. The molecule has 2 nitrogen and oxygen atoms in total. The molecule has 1 aliphatic rings. The van der Waals surface area contributed by atoms with Crippen molar-refractivity contribution >= 4 is 0 Å². The summed E-state index contributed by atoms with van der Waals surface area (Å²) in [6, 6.07) is 0.121. The van der Waals surface area contributed by atoms with Gasteiger partial charge in [0, 0.05) is 0 Å². The van der Waals surface area contributed by atoms with Crippen LogP contribution in [0.4, 0.5) is 0 Å². The third kappa shape index (κ3) is 3.39. The smallest absolute Gasteiger partial charge is 0.109 e. The lowest BCUT2D eigenvalue weighted by molar-refractivity contribution is 0.169. The van der Waals surface area contributed by atoms with E-state index < -0.39 is 0 Å². The molecule has 1 aliphatic heterocycles. The quantitative estimate of drug-likeness (QED) is 0.726. The number of hydrogen-bond donors (Lipinski definition) is 1. The minimum Gasteiger partial charge on any atom is -0.497 e. The average Bonchev–Trinajstić information content (AvgIpc) is 2.19. The molecule has 0 saturated carbocycles. The van der Waals surface area contributed by atoms with Crippen molar-refractivity contribution < 1.29 is 4.74 Å². The van der Waals surface area contributed by atoms with E-state index in [1.54, 1.807) is 0 Å². The van der Waals surface area contributed by atoms with Crippen molar-refractivity contribution in [1.29, 1.82) is 0 Å². The van der Waals surface area contributed by atoms with Crippen molar-refractivity contribution in [2.75, 3.05) is 6.61 Å². The SMILES string of the molecule is CCC(C)CC(N)C1=CCCCO1. The Morgan fingerprint density at radius 1 is 1.62 bits per heavy atom.